The van der Waals surface area contributed by atoms with Crippen LogP contribution < -0.4 is 15.4 Å². The lowest BCUT2D eigenvalue weighted by atomic mass is 10.1. The maximum absolute atomic E-state index is 12.7. The fourth-order valence-corrected chi connectivity index (χ4v) is 5.65. The molecular formula is C24H26N4O3S. The molecule has 166 valence electrons. The molecular weight excluding hydrogens is 424 g/mol. The molecule has 0 radical (unpaired) electrons. The van der Waals surface area contributed by atoms with Crippen molar-refractivity contribution in [1.29, 1.82) is 0 Å². The van der Waals surface area contributed by atoms with Crippen molar-refractivity contribution in [3.05, 3.63) is 66.5 Å². The first-order chi connectivity index (χ1) is 15.5. The van der Waals surface area contributed by atoms with Crippen LogP contribution in [0.2, 0.25) is 0 Å². The summed E-state index contributed by atoms with van der Waals surface area (Å²) in [5.74, 6) is 0.00974. The van der Waals surface area contributed by atoms with Crippen LogP contribution in [0.1, 0.15) is 30.7 Å². The highest BCUT2D eigenvalue weighted by Gasteiger charge is 2.44. The number of carbonyl (C=O) groups is 1. The monoisotopic (exact) mass is 450 g/mol. The Morgan fingerprint density at radius 2 is 1.91 bits per heavy atom. The molecule has 3 N–H and O–H groups in total. The zero-order valence-corrected chi connectivity index (χ0v) is 18.4. The van der Waals surface area contributed by atoms with Crippen molar-refractivity contribution in [1.82, 2.24) is 15.0 Å². The number of hydrogen-bond donors (Lipinski definition) is 3. The lowest BCUT2D eigenvalue weighted by Gasteiger charge is -2.23. The van der Waals surface area contributed by atoms with Crippen molar-refractivity contribution in [2.45, 2.75) is 36.1 Å². The predicted molar refractivity (Wildman–Crippen MR) is 124 cm³/mol. The first-order valence-corrected chi connectivity index (χ1v) is 12.5. The van der Waals surface area contributed by atoms with Crippen LogP contribution in [0.15, 0.2) is 65.8 Å². The zero-order chi connectivity index (χ0) is 22.1. The van der Waals surface area contributed by atoms with Gasteiger partial charge in [-0.2, -0.15) is 0 Å². The number of benzene rings is 2. The summed E-state index contributed by atoms with van der Waals surface area (Å²) in [4.78, 5) is 17.1. The van der Waals surface area contributed by atoms with Crippen molar-refractivity contribution >= 4 is 32.4 Å². The third-order valence-corrected chi connectivity index (χ3v) is 7.81. The van der Waals surface area contributed by atoms with Gasteiger partial charge in [0.15, 0.2) is 0 Å². The maximum atomic E-state index is 12.7. The number of aromatic nitrogens is 1. The van der Waals surface area contributed by atoms with Crippen LogP contribution in [-0.4, -0.2) is 38.4 Å². The number of nitrogens with one attached hydrogen (secondary N) is 3. The van der Waals surface area contributed by atoms with Gasteiger partial charge in [-0.05, 0) is 73.0 Å². The van der Waals surface area contributed by atoms with E-state index in [0.717, 1.165) is 47.8 Å². The third-order valence-electron chi connectivity index (χ3n) is 6.27. The predicted octanol–water partition coefficient (Wildman–Crippen LogP) is 3.01. The molecule has 3 aromatic rings. The summed E-state index contributed by atoms with van der Waals surface area (Å²) in [6, 6.07) is 14.5. The summed E-state index contributed by atoms with van der Waals surface area (Å²) < 4.78 is 28.1. The number of carbonyl (C=O) groups excluding carboxylic acids is 1. The van der Waals surface area contributed by atoms with Gasteiger partial charge < -0.3 is 10.6 Å². The number of pyridine rings is 1. The Hall–Kier alpha value is -2.81. The minimum atomic E-state index is -3.54. The van der Waals surface area contributed by atoms with Gasteiger partial charge in [0, 0.05) is 42.0 Å². The normalized spacial score (nSPS) is 23.1. The van der Waals surface area contributed by atoms with Gasteiger partial charge in [0.1, 0.15) is 0 Å². The van der Waals surface area contributed by atoms with Crippen LogP contribution in [0.4, 0.5) is 5.69 Å². The van der Waals surface area contributed by atoms with Gasteiger partial charge in [0.25, 0.3) is 0 Å². The molecule has 1 amide bonds. The molecule has 2 heterocycles. The lowest BCUT2D eigenvalue weighted by Crippen LogP contribution is -2.45. The number of piperidine rings is 1. The minimum Gasteiger partial charge on any atom is -0.326 e. The van der Waals surface area contributed by atoms with Crippen LogP contribution in [-0.2, 0) is 14.8 Å². The Labute approximate surface area is 187 Å². The van der Waals surface area contributed by atoms with Gasteiger partial charge in [-0.1, -0.05) is 18.2 Å². The number of fused-ring (bicyclic) bond motifs is 1. The zero-order valence-electron chi connectivity index (χ0n) is 17.6. The summed E-state index contributed by atoms with van der Waals surface area (Å²) in [6.07, 6.45) is 6.10. The van der Waals surface area contributed by atoms with E-state index in [1.165, 1.54) is 0 Å². The van der Waals surface area contributed by atoms with Gasteiger partial charge in [0.05, 0.1) is 4.90 Å². The van der Waals surface area contributed by atoms with Gasteiger partial charge in [-0.15, -0.1) is 0 Å². The molecule has 1 aliphatic carbocycles. The Bertz CT molecular complexity index is 1240. The first kappa shape index (κ1) is 21.1. The smallest absolute Gasteiger partial charge is 0.240 e. The van der Waals surface area contributed by atoms with Crippen LogP contribution in [0, 0.1) is 5.92 Å². The van der Waals surface area contributed by atoms with E-state index in [-0.39, 0.29) is 28.7 Å². The molecule has 3 atom stereocenters. The molecule has 2 aliphatic rings. The van der Waals surface area contributed by atoms with E-state index in [1.54, 1.807) is 24.5 Å². The highest BCUT2D eigenvalue weighted by atomic mass is 32.2. The quantitative estimate of drug-likeness (QED) is 0.536. The van der Waals surface area contributed by atoms with E-state index >= 15 is 0 Å². The SMILES string of the molecule is O=C(Nc1ccc2cnccc2c1)C1CC1c1ccc(S(=O)(=O)N[C@H]2CCCNC2)cc1. The molecule has 2 fully saturated rings. The summed E-state index contributed by atoms with van der Waals surface area (Å²) in [5, 5.41) is 8.27. The van der Waals surface area contributed by atoms with Gasteiger partial charge in [0.2, 0.25) is 15.9 Å². The number of hydrogen-bond acceptors (Lipinski definition) is 5. The minimum absolute atomic E-state index is 0.00781. The summed E-state index contributed by atoms with van der Waals surface area (Å²) in [7, 11) is -3.54. The second-order valence-electron chi connectivity index (χ2n) is 8.61. The second-order valence-corrected chi connectivity index (χ2v) is 10.3. The Morgan fingerprint density at radius 3 is 2.69 bits per heavy atom. The van der Waals surface area contributed by atoms with Crippen molar-refractivity contribution in [2.75, 3.05) is 18.4 Å². The molecule has 5 rings (SSSR count). The molecule has 0 bridgehead atoms. The average molecular weight is 451 g/mol. The van der Waals surface area contributed by atoms with E-state index in [2.05, 4.69) is 20.3 Å². The second kappa shape index (κ2) is 8.61. The fourth-order valence-electron chi connectivity index (χ4n) is 4.38. The summed E-state index contributed by atoms with van der Waals surface area (Å²) >= 11 is 0. The van der Waals surface area contributed by atoms with E-state index in [9.17, 15) is 13.2 Å². The maximum Gasteiger partial charge on any atom is 0.240 e. The Balaban J connectivity index is 1.21. The molecule has 1 aromatic heterocycles. The third kappa shape index (κ3) is 4.53. The Morgan fingerprint density at radius 1 is 1.06 bits per heavy atom. The number of anilines is 1. The standard InChI is InChI=1S/C24H26N4O3S/c29-24(27-19-6-3-18-14-26-11-9-17(18)12-19)23-13-22(23)16-4-7-21(8-5-16)32(30,31)28-20-2-1-10-25-15-20/h3-9,11-12,14,20,22-23,25,28H,1-2,10,13,15H2,(H,27,29)/t20-,22?,23?/m0/s1. The largest absolute Gasteiger partial charge is 0.326 e. The number of rotatable bonds is 6. The van der Waals surface area contributed by atoms with E-state index in [0.29, 0.717) is 6.54 Å². The van der Waals surface area contributed by atoms with Crippen molar-refractivity contribution in [2.24, 2.45) is 5.92 Å². The lowest BCUT2D eigenvalue weighted by molar-refractivity contribution is -0.117. The molecule has 2 unspecified atom stereocenters. The number of sulfonamides is 1. The van der Waals surface area contributed by atoms with Gasteiger partial charge in [-0.3, -0.25) is 9.78 Å². The number of amides is 1. The Kier molecular flexibility index (Phi) is 5.67. The molecule has 1 aliphatic heterocycles. The molecule has 1 saturated carbocycles. The van der Waals surface area contributed by atoms with Gasteiger partial charge >= 0.3 is 0 Å². The first-order valence-electron chi connectivity index (χ1n) is 11.0. The van der Waals surface area contributed by atoms with Crippen molar-refractivity contribution < 1.29 is 13.2 Å². The highest BCUT2D eigenvalue weighted by Crippen LogP contribution is 2.48. The van der Waals surface area contributed by atoms with Crippen LogP contribution in [0.3, 0.4) is 0 Å². The van der Waals surface area contributed by atoms with E-state index < -0.39 is 10.0 Å². The molecule has 7 nitrogen and oxygen atoms in total. The van der Waals surface area contributed by atoms with Crippen LogP contribution in [0.5, 0.6) is 0 Å². The molecule has 1 saturated heterocycles. The summed E-state index contributed by atoms with van der Waals surface area (Å²) in [5.41, 5.74) is 1.76. The fraction of sp³-hybridized carbons (Fsp3) is 0.333. The molecule has 2 aromatic carbocycles. The topological polar surface area (TPSA) is 100 Å². The van der Waals surface area contributed by atoms with Crippen LogP contribution >= 0.6 is 0 Å². The van der Waals surface area contributed by atoms with Crippen molar-refractivity contribution in [3.8, 4) is 0 Å². The van der Waals surface area contributed by atoms with Gasteiger partial charge in [-0.25, -0.2) is 13.1 Å². The number of nitrogens with zero attached hydrogens (tertiary/aromatic N) is 1. The average Bonchev–Trinajstić information content (AvgIpc) is 3.61. The van der Waals surface area contributed by atoms with E-state index in [1.807, 2.05) is 36.4 Å². The summed E-state index contributed by atoms with van der Waals surface area (Å²) in [6.45, 7) is 1.59. The van der Waals surface area contributed by atoms with E-state index in [4.69, 9.17) is 0 Å². The highest BCUT2D eigenvalue weighted by molar-refractivity contribution is 7.89. The van der Waals surface area contributed by atoms with Crippen molar-refractivity contribution in [3.63, 3.8) is 0 Å². The van der Waals surface area contributed by atoms with Crippen LogP contribution in [0.25, 0.3) is 10.8 Å². The molecule has 32 heavy (non-hydrogen) atoms. The molecule has 8 heteroatoms. The molecule has 0 spiro atoms.